The van der Waals surface area contributed by atoms with Crippen molar-refractivity contribution >= 4 is 29.3 Å². The predicted molar refractivity (Wildman–Crippen MR) is 86.8 cm³/mol. The third-order valence-corrected chi connectivity index (χ3v) is 3.75. The standard InChI is InChI=1S/C14H19ClF3N3S/c1-2-19-13(20-8-7-14(16,17)18)21-9-10-22-12-5-3-11(15)4-6-12/h3-6H,2,7-10H2,1H3,(H2,19,20,21). The zero-order chi connectivity index (χ0) is 16.4. The highest BCUT2D eigenvalue weighted by Crippen LogP contribution is 2.20. The molecule has 0 bridgehead atoms. The van der Waals surface area contributed by atoms with Crippen molar-refractivity contribution in [3.63, 3.8) is 0 Å². The van der Waals surface area contributed by atoms with E-state index in [0.717, 1.165) is 10.6 Å². The van der Waals surface area contributed by atoms with Gasteiger partial charge < -0.3 is 10.6 Å². The number of halogens is 4. The van der Waals surface area contributed by atoms with Crippen LogP contribution >= 0.6 is 23.4 Å². The summed E-state index contributed by atoms with van der Waals surface area (Å²) < 4.78 is 36.3. The number of rotatable bonds is 7. The first kappa shape index (κ1) is 19.0. The number of nitrogens with one attached hydrogen (secondary N) is 2. The van der Waals surface area contributed by atoms with Crippen LogP contribution in [0.2, 0.25) is 5.02 Å². The largest absolute Gasteiger partial charge is 0.390 e. The van der Waals surface area contributed by atoms with Crippen molar-refractivity contribution < 1.29 is 13.2 Å². The zero-order valence-electron chi connectivity index (χ0n) is 12.2. The molecule has 0 unspecified atom stereocenters. The first-order valence-electron chi connectivity index (χ1n) is 6.88. The van der Waals surface area contributed by atoms with Gasteiger partial charge in [-0.2, -0.15) is 13.2 Å². The van der Waals surface area contributed by atoms with Crippen LogP contribution in [0.25, 0.3) is 0 Å². The SMILES string of the molecule is CCNC(=NCCC(F)(F)F)NCCSc1ccc(Cl)cc1. The number of benzene rings is 1. The van der Waals surface area contributed by atoms with Crippen LogP contribution in [0.3, 0.4) is 0 Å². The minimum absolute atomic E-state index is 0.275. The molecule has 0 saturated carbocycles. The second kappa shape index (κ2) is 9.84. The van der Waals surface area contributed by atoms with E-state index in [1.807, 2.05) is 31.2 Å². The molecular weight excluding hydrogens is 335 g/mol. The molecule has 0 spiro atoms. The Morgan fingerprint density at radius 2 is 1.91 bits per heavy atom. The van der Waals surface area contributed by atoms with Gasteiger partial charge in [0.1, 0.15) is 0 Å². The molecule has 0 aromatic heterocycles. The fraction of sp³-hybridized carbons (Fsp3) is 0.500. The van der Waals surface area contributed by atoms with Crippen molar-refractivity contribution in [3.05, 3.63) is 29.3 Å². The van der Waals surface area contributed by atoms with Crippen molar-refractivity contribution in [1.82, 2.24) is 10.6 Å². The van der Waals surface area contributed by atoms with Gasteiger partial charge in [0.05, 0.1) is 13.0 Å². The van der Waals surface area contributed by atoms with Gasteiger partial charge in [0, 0.05) is 28.8 Å². The Morgan fingerprint density at radius 1 is 1.23 bits per heavy atom. The molecule has 0 atom stereocenters. The number of alkyl halides is 3. The van der Waals surface area contributed by atoms with E-state index in [9.17, 15) is 13.2 Å². The van der Waals surface area contributed by atoms with Crippen molar-refractivity contribution in [1.29, 1.82) is 0 Å². The summed E-state index contributed by atoms with van der Waals surface area (Å²) in [6, 6.07) is 7.49. The lowest BCUT2D eigenvalue weighted by molar-refractivity contribution is -0.132. The molecule has 124 valence electrons. The molecular formula is C14H19ClF3N3S. The highest BCUT2D eigenvalue weighted by molar-refractivity contribution is 7.99. The van der Waals surface area contributed by atoms with E-state index < -0.39 is 12.6 Å². The lowest BCUT2D eigenvalue weighted by Gasteiger charge is -2.11. The Balaban J connectivity index is 2.31. The summed E-state index contributed by atoms with van der Waals surface area (Å²) in [4.78, 5) is 4.99. The molecule has 1 aromatic carbocycles. The first-order valence-corrected chi connectivity index (χ1v) is 8.24. The van der Waals surface area contributed by atoms with Crippen molar-refractivity contribution in [3.8, 4) is 0 Å². The van der Waals surface area contributed by atoms with Gasteiger partial charge in [0.2, 0.25) is 0 Å². The smallest absolute Gasteiger partial charge is 0.357 e. The van der Waals surface area contributed by atoms with Crippen LogP contribution in [-0.2, 0) is 0 Å². The van der Waals surface area contributed by atoms with Crippen LogP contribution in [0.5, 0.6) is 0 Å². The van der Waals surface area contributed by atoms with E-state index in [4.69, 9.17) is 11.6 Å². The highest BCUT2D eigenvalue weighted by atomic mass is 35.5. The molecule has 0 heterocycles. The van der Waals surface area contributed by atoms with Crippen LogP contribution in [0, 0.1) is 0 Å². The highest BCUT2D eigenvalue weighted by Gasteiger charge is 2.26. The van der Waals surface area contributed by atoms with Crippen LogP contribution in [0.1, 0.15) is 13.3 Å². The van der Waals surface area contributed by atoms with E-state index >= 15 is 0 Å². The van der Waals surface area contributed by atoms with Crippen molar-refractivity contribution in [2.24, 2.45) is 4.99 Å². The van der Waals surface area contributed by atoms with Crippen molar-refractivity contribution in [2.45, 2.75) is 24.4 Å². The Hall–Kier alpha value is -1.08. The fourth-order valence-corrected chi connectivity index (χ4v) is 2.40. The summed E-state index contributed by atoms with van der Waals surface area (Å²) in [5, 5.41) is 6.62. The number of guanidine groups is 1. The second-order valence-electron chi connectivity index (χ2n) is 4.35. The Morgan fingerprint density at radius 3 is 2.50 bits per heavy atom. The van der Waals surface area contributed by atoms with E-state index in [0.29, 0.717) is 24.1 Å². The molecule has 0 amide bonds. The Labute approximate surface area is 137 Å². The van der Waals surface area contributed by atoms with Gasteiger partial charge in [-0.3, -0.25) is 4.99 Å². The molecule has 1 rings (SSSR count). The number of hydrogen-bond donors (Lipinski definition) is 2. The summed E-state index contributed by atoms with van der Waals surface area (Å²) in [7, 11) is 0. The van der Waals surface area contributed by atoms with Gasteiger partial charge in [-0.05, 0) is 31.2 Å². The van der Waals surface area contributed by atoms with E-state index in [-0.39, 0.29) is 6.54 Å². The number of nitrogens with zero attached hydrogens (tertiary/aromatic N) is 1. The molecule has 0 aliphatic heterocycles. The first-order chi connectivity index (χ1) is 10.4. The molecule has 22 heavy (non-hydrogen) atoms. The average molecular weight is 354 g/mol. The topological polar surface area (TPSA) is 36.4 Å². The van der Waals surface area contributed by atoms with Gasteiger partial charge >= 0.3 is 6.18 Å². The minimum Gasteiger partial charge on any atom is -0.357 e. The van der Waals surface area contributed by atoms with E-state index in [2.05, 4.69) is 15.6 Å². The summed E-state index contributed by atoms with van der Waals surface area (Å²) in [5.74, 6) is 1.18. The van der Waals surface area contributed by atoms with Crippen LogP contribution in [0.4, 0.5) is 13.2 Å². The van der Waals surface area contributed by atoms with Gasteiger partial charge in [-0.15, -0.1) is 11.8 Å². The molecule has 0 aliphatic rings. The van der Waals surface area contributed by atoms with Crippen LogP contribution < -0.4 is 10.6 Å². The van der Waals surface area contributed by atoms with Gasteiger partial charge in [0.15, 0.2) is 5.96 Å². The summed E-state index contributed by atoms with van der Waals surface area (Å²) in [5.41, 5.74) is 0. The van der Waals surface area contributed by atoms with Crippen molar-refractivity contribution in [2.75, 3.05) is 25.4 Å². The van der Waals surface area contributed by atoms with Crippen LogP contribution in [-0.4, -0.2) is 37.5 Å². The molecule has 0 radical (unpaired) electrons. The van der Waals surface area contributed by atoms with Crippen LogP contribution in [0.15, 0.2) is 34.2 Å². The minimum atomic E-state index is -4.18. The summed E-state index contributed by atoms with van der Waals surface area (Å²) in [6.07, 6.45) is -5.09. The molecule has 2 N–H and O–H groups in total. The zero-order valence-corrected chi connectivity index (χ0v) is 13.8. The normalized spacial score (nSPS) is 12.3. The molecule has 0 saturated heterocycles. The maximum atomic E-state index is 12.1. The average Bonchev–Trinajstić information content (AvgIpc) is 2.44. The maximum Gasteiger partial charge on any atom is 0.390 e. The molecule has 0 fully saturated rings. The van der Waals surface area contributed by atoms with Gasteiger partial charge in [0.25, 0.3) is 0 Å². The Kier molecular flexibility index (Phi) is 8.48. The summed E-state index contributed by atoms with van der Waals surface area (Å²) in [6.45, 7) is 2.79. The predicted octanol–water partition coefficient (Wildman–Crippen LogP) is 3.94. The Bertz CT molecular complexity index is 463. The van der Waals surface area contributed by atoms with Gasteiger partial charge in [-0.25, -0.2) is 0 Å². The third-order valence-electron chi connectivity index (χ3n) is 2.49. The quantitative estimate of drug-likeness (QED) is 0.337. The number of thioether (sulfide) groups is 1. The van der Waals surface area contributed by atoms with Gasteiger partial charge in [-0.1, -0.05) is 11.6 Å². The summed E-state index contributed by atoms with van der Waals surface area (Å²) >= 11 is 7.44. The molecule has 0 aliphatic carbocycles. The second-order valence-corrected chi connectivity index (χ2v) is 5.96. The lowest BCUT2D eigenvalue weighted by atomic mass is 10.4. The number of hydrogen-bond acceptors (Lipinski definition) is 2. The monoisotopic (exact) mass is 353 g/mol. The molecule has 3 nitrogen and oxygen atoms in total. The lowest BCUT2D eigenvalue weighted by Crippen LogP contribution is -2.38. The van der Waals surface area contributed by atoms with E-state index in [1.165, 1.54) is 0 Å². The maximum absolute atomic E-state index is 12.1. The van der Waals surface area contributed by atoms with E-state index in [1.54, 1.807) is 11.8 Å². The molecule has 8 heteroatoms. The number of aliphatic imine (C=N–C) groups is 1. The fourth-order valence-electron chi connectivity index (χ4n) is 1.51. The molecule has 1 aromatic rings. The third kappa shape index (κ3) is 9.04.